The van der Waals surface area contributed by atoms with Crippen molar-refractivity contribution in [1.29, 1.82) is 0 Å². The van der Waals surface area contributed by atoms with Crippen LogP contribution in [0, 0.1) is 17.3 Å². The zero-order valence-corrected chi connectivity index (χ0v) is 12.1. The maximum Gasteiger partial charge on any atom is 0.0462 e. The molecule has 0 spiro atoms. The summed E-state index contributed by atoms with van der Waals surface area (Å²) in [6.45, 7) is 6.25. The van der Waals surface area contributed by atoms with Crippen molar-refractivity contribution in [2.24, 2.45) is 17.3 Å². The molecule has 3 atom stereocenters. The van der Waals surface area contributed by atoms with Crippen molar-refractivity contribution >= 4 is 11.8 Å². The van der Waals surface area contributed by atoms with E-state index in [1.807, 2.05) is 0 Å². The van der Waals surface area contributed by atoms with Crippen molar-refractivity contribution in [3.8, 4) is 0 Å². The van der Waals surface area contributed by atoms with E-state index in [2.05, 4.69) is 30.9 Å². The van der Waals surface area contributed by atoms with Gasteiger partial charge in [-0.1, -0.05) is 20.3 Å². The zero-order valence-electron chi connectivity index (χ0n) is 11.2. The van der Waals surface area contributed by atoms with Gasteiger partial charge in [0.05, 0.1) is 0 Å². The van der Waals surface area contributed by atoms with Gasteiger partial charge in [0.1, 0.15) is 0 Å². The lowest BCUT2D eigenvalue weighted by atomic mass is 9.87. The van der Waals surface area contributed by atoms with Gasteiger partial charge < -0.3 is 10.4 Å². The Kier molecular flexibility index (Phi) is 4.79. The Morgan fingerprint density at radius 1 is 1.29 bits per heavy atom. The molecule has 2 nitrogen and oxygen atoms in total. The van der Waals surface area contributed by atoms with Crippen molar-refractivity contribution in [2.75, 3.05) is 24.7 Å². The van der Waals surface area contributed by atoms with E-state index in [1.54, 1.807) is 0 Å². The molecule has 2 rings (SSSR count). The van der Waals surface area contributed by atoms with Crippen LogP contribution in [0.2, 0.25) is 0 Å². The van der Waals surface area contributed by atoms with Gasteiger partial charge in [0.15, 0.2) is 0 Å². The number of rotatable bonds is 4. The molecule has 2 N–H and O–H groups in total. The summed E-state index contributed by atoms with van der Waals surface area (Å²) in [5.74, 6) is 3.84. The number of thioether (sulfide) groups is 1. The first kappa shape index (κ1) is 13.7. The molecule has 1 heterocycles. The van der Waals surface area contributed by atoms with Gasteiger partial charge in [0.25, 0.3) is 0 Å². The molecule has 0 amide bonds. The largest absolute Gasteiger partial charge is 0.396 e. The van der Waals surface area contributed by atoms with Crippen molar-refractivity contribution < 1.29 is 5.11 Å². The van der Waals surface area contributed by atoms with Crippen LogP contribution in [-0.4, -0.2) is 35.8 Å². The summed E-state index contributed by atoms with van der Waals surface area (Å²) in [5, 5.41) is 13.1. The lowest BCUT2D eigenvalue weighted by Gasteiger charge is -2.36. The Balaban J connectivity index is 1.74. The first-order valence-electron chi connectivity index (χ1n) is 7.03. The highest BCUT2D eigenvalue weighted by Gasteiger charge is 2.30. The third kappa shape index (κ3) is 3.87. The molecule has 1 saturated heterocycles. The summed E-state index contributed by atoms with van der Waals surface area (Å²) in [6, 6.07) is 0.684. The van der Waals surface area contributed by atoms with E-state index in [0.29, 0.717) is 24.0 Å². The monoisotopic (exact) mass is 257 g/mol. The third-order valence-corrected chi connectivity index (χ3v) is 5.95. The summed E-state index contributed by atoms with van der Waals surface area (Å²) in [4.78, 5) is 0. The minimum atomic E-state index is 0.386. The fourth-order valence-corrected chi connectivity index (χ4v) is 4.64. The summed E-state index contributed by atoms with van der Waals surface area (Å²) < 4.78 is 0. The van der Waals surface area contributed by atoms with Gasteiger partial charge in [0.2, 0.25) is 0 Å². The molecule has 1 saturated carbocycles. The minimum absolute atomic E-state index is 0.386. The fourth-order valence-electron chi connectivity index (χ4n) is 3.33. The van der Waals surface area contributed by atoms with Gasteiger partial charge in [0, 0.05) is 18.4 Å². The molecule has 100 valence electrons. The van der Waals surface area contributed by atoms with Crippen LogP contribution < -0.4 is 5.32 Å². The van der Waals surface area contributed by atoms with Crippen LogP contribution in [-0.2, 0) is 0 Å². The molecule has 3 heteroatoms. The van der Waals surface area contributed by atoms with E-state index in [9.17, 15) is 5.11 Å². The Morgan fingerprint density at radius 2 is 2.06 bits per heavy atom. The van der Waals surface area contributed by atoms with E-state index in [0.717, 1.165) is 12.5 Å². The first-order chi connectivity index (χ1) is 8.11. The Morgan fingerprint density at radius 3 is 2.76 bits per heavy atom. The average molecular weight is 257 g/mol. The first-order valence-corrected chi connectivity index (χ1v) is 8.18. The lowest BCUT2D eigenvalue weighted by Crippen LogP contribution is -2.42. The fraction of sp³-hybridized carbons (Fsp3) is 1.00. The van der Waals surface area contributed by atoms with Crippen LogP contribution in [0.15, 0.2) is 0 Å². The molecular formula is C14H27NOS. The minimum Gasteiger partial charge on any atom is -0.396 e. The molecule has 2 aliphatic rings. The van der Waals surface area contributed by atoms with Crippen LogP contribution in [0.4, 0.5) is 0 Å². The van der Waals surface area contributed by atoms with Gasteiger partial charge in [-0.25, -0.2) is 0 Å². The average Bonchev–Trinajstić information content (AvgIpc) is 2.72. The summed E-state index contributed by atoms with van der Waals surface area (Å²) in [6.07, 6.45) is 5.15. The van der Waals surface area contributed by atoms with E-state index in [4.69, 9.17) is 0 Å². The van der Waals surface area contributed by atoms with Crippen LogP contribution in [0.1, 0.15) is 39.5 Å². The molecule has 0 aromatic carbocycles. The predicted molar refractivity (Wildman–Crippen MR) is 75.4 cm³/mol. The van der Waals surface area contributed by atoms with E-state index in [-0.39, 0.29) is 0 Å². The SMILES string of the molecule is CC1(C)CSCC(NCC2CCCC2CO)C1. The molecular weight excluding hydrogens is 230 g/mol. The smallest absolute Gasteiger partial charge is 0.0462 e. The standard InChI is InChI=1S/C14H27NOS/c1-14(2)6-13(9-17-10-14)15-7-11-4-3-5-12(11)8-16/h11-13,15-16H,3-10H2,1-2H3. The molecule has 3 unspecified atom stereocenters. The van der Waals surface area contributed by atoms with Gasteiger partial charge in [-0.15, -0.1) is 0 Å². The highest BCUT2D eigenvalue weighted by molar-refractivity contribution is 7.99. The third-order valence-electron chi connectivity index (χ3n) is 4.33. The molecule has 1 aliphatic heterocycles. The van der Waals surface area contributed by atoms with Crippen LogP contribution in [0.3, 0.4) is 0 Å². The second-order valence-electron chi connectivity index (χ2n) is 6.62. The van der Waals surface area contributed by atoms with E-state index >= 15 is 0 Å². The van der Waals surface area contributed by atoms with Gasteiger partial charge >= 0.3 is 0 Å². The normalized spacial score (nSPS) is 37.2. The topological polar surface area (TPSA) is 32.3 Å². The van der Waals surface area contributed by atoms with Crippen LogP contribution >= 0.6 is 11.8 Å². The van der Waals surface area contributed by atoms with E-state index < -0.39 is 0 Å². The van der Waals surface area contributed by atoms with Gasteiger partial charge in [-0.2, -0.15) is 11.8 Å². The number of hydrogen-bond donors (Lipinski definition) is 2. The Hall–Kier alpha value is 0.270. The molecule has 0 aromatic rings. The Bertz CT molecular complexity index is 244. The molecule has 0 aromatic heterocycles. The van der Waals surface area contributed by atoms with Crippen molar-refractivity contribution in [3.63, 3.8) is 0 Å². The summed E-state index contributed by atoms with van der Waals surface area (Å²) in [7, 11) is 0. The van der Waals surface area contributed by atoms with Crippen molar-refractivity contribution in [3.05, 3.63) is 0 Å². The lowest BCUT2D eigenvalue weighted by molar-refractivity contribution is 0.188. The quantitative estimate of drug-likeness (QED) is 0.812. The maximum atomic E-state index is 9.32. The maximum absolute atomic E-state index is 9.32. The second kappa shape index (κ2) is 5.94. The van der Waals surface area contributed by atoms with Crippen molar-refractivity contribution in [2.45, 2.75) is 45.6 Å². The highest BCUT2D eigenvalue weighted by Crippen LogP contribution is 2.34. The zero-order chi connectivity index (χ0) is 12.3. The number of hydrogen-bond acceptors (Lipinski definition) is 3. The van der Waals surface area contributed by atoms with Gasteiger partial charge in [-0.3, -0.25) is 0 Å². The molecule has 0 bridgehead atoms. The summed E-state index contributed by atoms with van der Waals surface area (Å²) in [5.41, 5.74) is 0.493. The number of aliphatic hydroxyl groups excluding tert-OH is 1. The predicted octanol–water partition coefficient (Wildman–Crippen LogP) is 2.52. The second-order valence-corrected chi connectivity index (χ2v) is 7.65. The highest BCUT2D eigenvalue weighted by atomic mass is 32.2. The number of nitrogens with one attached hydrogen (secondary N) is 1. The van der Waals surface area contributed by atoms with Crippen LogP contribution in [0.5, 0.6) is 0 Å². The van der Waals surface area contributed by atoms with Gasteiger partial charge in [-0.05, 0) is 48.8 Å². The van der Waals surface area contributed by atoms with Crippen molar-refractivity contribution in [1.82, 2.24) is 5.32 Å². The molecule has 1 aliphatic carbocycles. The Labute approximate surface area is 110 Å². The number of aliphatic hydroxyl groups is 1. The molecule has 0 radical (unpaired) electrons. The summed E-state index contributed by atoms with van der Waals surface area (Å²) >= 11 is 2.09. The molecule has 2 fully saturated rings. The van der Waals surface area contributed by atoms with E-state index in [1.165, 1.54) is 37.2 Å². The van der Waals surface area contributed by atoms with Crippen LogP contribution in [0.25, 0.3) is 0 Å². The molecule has 17 heavy (non-hydrogen) atoms.